The van der Waals surface area contributed by atoms with Gasteiger partial charge in [-0.2, -0.15) is 0 Å². The Kier molecular flexibility index (Phi) is 4.24. The van der Waals surface area contributed by atoms with Crippen molar-refractivity contribution in [2.75, 3.05) is 10.5 Å². The summed E-state index contributed by atoms with van der Waals surface area (Å²) in [5, 5.41) is 9.31. The number of pyridine rings is 1. The van der Waals surface area contributed by atoms with E-state index in [1.54, 1.807) is 18.3 Å². The first-order valence-electron chi connectivity index (χ1n) is 5.64. The molecule has 8 heteroatoms. The minimum absolute atomic E-state index is 0.334. The standard InChI is InChI=1S/C12H11BrN2O4S/c13-9-6-8-2-1-3-10(12(8)14-7-9)15-20(18,19)5-4-11(16)17/h1-3,6-7,15H,4-5H2,(H,16,17). The molecule has 0 aliphatic heterocycles. The second-order valence-electron chi connectivity index (χ2n) is 4.10. The van der Waals surface area contributed by atoms with Crippen molar-refractivity contribution in [1.29, 1.82) is 0 Å². The summed E-state index contributed by atoms with van der Waals surface area (Å²) < 4.78 is 26.8. The van der Waals surface area contributed by atoms with Gasteiger partial charge in [-0.25, -0.2) is 8.42 Å². The third-order valence-electron chi connectivity index (χ3n) is 2.53. The van der Waals surface area contributed by atoms with Gasteiger partial charge >= 0.3 is 5.97 Å². The zero-order valence-corrected chi connectivity index (χ0v) is 12.6. The van der Waals surface area contributed by atoms with E-state index in [0.717, 1.165) is 9.86 Å². The number of anilines is 1. The Bertz CT molecular complexity index is 761. The van der Waals surface area contributed by atoms with Gasteiger partial charge in [0.15, 0.2) is 0 Å². The molecule has 0 aliphatic carbocycles. The maximum absolute atomic E-state index is 11.8. The predicted octanol–water partition coefficient (Wildman–Crippen LogP) is 2.21. The van der Waals surface area contributed by atoms with Gasteiger partial charge in [0.25, 0.3) is 0 Å². The lowest BCUT2D eigenvalue weighted by Crippen LogP contribution is -2.19. The van der Waals surface area contributed by atoms with Crippen molar-refractivity contribution in [3.05, 3.63) is 34.9 Å². The van der Waals surface area contributed by atoms with Crippen molar-refractivity contribution in [3.8, 4) is 0 Å². The number of nitrogens with zero attached hydrogens (tertiary/aromatic N) is 1. The molecule has 0 spiro atoms. The molecule has 106 valence electrons. The maximum atomic E-state index is 11.8. The smallest absolute Gasteiger partial charge is 0.304 e. The van der Waals surface area contributed by atoms with Crippen LogP contribution in [0.15, 0.2) is 34.9 Å². The molecule has 1 aromatic heterocycles. The van der Waals surface area contributed by atoms with Crippen LogP contribution >= 0.6 is 15.9 Å². The topological polar surface area (TPSA) is 96.4 Å². The number of aromatic nitrogens is 1. The van der Waals surface area contributed by atoms with Crippen LogP contribution in [0.1, 0.15) is 6.42 Å². The Labute approximate surface area is 124 Å². The number of carboxylic acids is 1. The monoisotopic (exact) mass is 358 g/mol. The normalized spacial score (nSPS) is 11.4. The molecule has 0 amide bonds. The van der Waals surface area contributed by atoms with Crippen molar-refractivity contribution in [2.24, 2.45) is 0 Å². The minimum atomic E-state index is -3.71. The van der Waals surface area contributed by atoms with Gasteiger partial charge in [-0.1, -0.05) is 12.1 Å². The van der Waals surface area contributed by atoms with Crippen LogP contribution in [0, 0.1) is 0 Å². The number of carboxylic acid groups (broad SMARTS) is 1. The summed E-state index contributed by atoms with van der Waals surface area (Å²) in [7, 11) is -3.71. The average molecular weight is 359 g/mol. The van der Waals surface area contributed by atoms with E-state index in [2.05, 4.69) is 25.6 Å². The molecule has 0 aliphatic rings. The van der Waals surface area contributed by atoms with Crippen LogP contribution in [0.2, 0.25) is 0 Å². The Hall–Kier alpha value is -1.67. The van der Waals surface area contributed by atoms with Crippen LogP contribution < -0.4 is 4.72 Å². The van der Waals surface area contributed by atoms with Crippen LogP contribution in [0.3, 0.4) is 0 Å². The van der Waals surface area contributed by atoms with Gasteiger partial charge in [-0.15, -0.1) is 0 Å². The molecule has 6 nitrogen and oxygen atoms in total. The van der Waals surface area contributed by atoms with Crippen LogP contribution in [0.4, 0.5) is 5.69 Å². The summed E-state index contributed by atoms with van der Waals surface area (Å²) in [5.74, 6) is -1.63. The third kappa shape index (κ3) is 3.67. The first-order chi connectivity index (χ1) is 9.37. The Morgan fingerprint density at radius 1 is 1.40 bits per heavy atom. The number of nitrogens with one attached hydrogen (secondary N) is 1. The minimum Gasteiger partial charge on any atom is -0.481 e. The quantitative estimate of drug-likeness (QED) is 0.853. The second-order valence-corrected chi connectivity index (χ2v) is 6.85. The highest BCUT2D eigenvalue weighted by molar-refractivity contribution is 9.10. The number of sulfonamides is 1. The number of hydrogen-bond acceptors (Lipinski definition) is 4. The largest absolute Gasteiger partial charge is 0.481 e. The van der Waals surface area contributed by atoms with Gasteiger partial charge in [-0.3, -0.25) is 14.5 Å². The van der Waals surface area contributed by atoms with Gasteiger partial charge in [0.2, 0.25) is 10.0 Å². The maximum Gasteiger partial charge on any atom is 0.304 e. The molecular weight excluding hydrogens is 348 g/mol. The fraction of sp³-hybridized carbons (Fsp3) is 0.167. The zero-order chi connectivity index (χ0) is 14.8. The molecule has 2 rings (SSSR count). The van der Waals surface area contributed by atoms with Gasteiger partial charge in [0.05, 0.1) is 23.4 Å². The van der Waals surface area contributed by atoms with E-state index in [9.17, 15) is 13.2 Å². The van der Waals surface area contributed by atoms with E-state index in [1.807, 2.05) is 12.1 Å². The van der Waals surface area contributed by atoms with E-state index in [0.29, 0.717) is 11.2 Å². The molecule has 1 heterocycles. The number of aliphatic carboxylic acids is 1. The molecule has 0 saturated carbocycles. The Balaban J connectivity index is 2.32. The summed E-state index contributed by atoms with van der Waals surface area (Å²) in [6.07, 6.45) is 1.12. The molecule has 0 saturated heterocycles. The Morgan fingerprint density at radius 2 is 2.15 bits per heavy atom. The van der Waals surface area contributed by atoms with Crippen LogP contribution in [-0.4, -0.2) is 30.2 Å². The number of benzene rings is 1. The van der Waals surface area contributed by atoms with Crippen molar-refractivity contribution >= 4 is 48.5 Å². The van der Waals surface area contributed by atoms with E-state index in [-0.39, 0.29) is 0 Å². The SMILES string of the molecule is O=C(O)CCS(=O)(=O)Nc1cccc2cc(Br)cnc12. The number of fused-ring (bicyclic) bond motifs is 1. The van der Waals surface area contributed by atoms with Gasteiger partial charge in [-0.05, 0) is 28.1 Å². The van der Waals surface area contributed by atoms with E-state index >= 15 is 0 Å². The summed E-state index contributed by atoms with van der Waals surface area (Å²) in [6.45, 7) is 0. The highest BCUT2D eigenvalue weighted by atomic mass is 79.9. The van der Waals surface area contributed by atoms with Gasteiger partial charge in [0.1, 0.15) is 0 Å². The number of para-hydroxylation sites is 1. The van der Waals surface area contributed by atoms with Crippen molar-refractivity contribution in [3.63, 3.8) is 0 Å². The predicted molar refractivity (Wildman–Crippen MR) is 79.1 cm³/mol. The van der Waals surface area contributed by atoms with Crippen molar-refractivity contribution in [2.45, 2.75) is 6.42 Å². The molecule has 2 aromatic rings. The highest BCUT2D eigenvalue weighted by Gasteiger charge is 2.14. The molecule has 0 atom stereocenters. The molecule has 0 unspecified atom stereocenters. The fourth-order valence-corrected chi connectivity index (χ4v) is 3.05. The van der Waals surface area contributed by atoms with Crippen molar-refractivity contribution in [1.82, 2.24) is 4.98 Å². The number of rotatable bonds is 5. The summed E-state index contributed by atoms with van der Waals surface area (Å²) in [4.78, 5) is 14.6. The lowest BCUT2D eigenvalue weighted by Gasteiger charge is -2.09. The third-order valence-corrected chi connectivity index (χ3v) is 4.23. The number of carbonyl (C=O) groups is 1. The molecule has 0 radical (unpaired) electrons. The first kappa shape index (κ1) is 14.7. The number of halogens is 1. The van der Waals surface area contributed by atoms with E-state index < -0.39 is 28.2 Å². The van der Waals surface area contributed by atoms with Crippen LogP contribution in [-0.2, 0) is 14.8 Å². The molecule has 0 fully saturated rings. The lowest BCUT2D eigenvalue weighted by atomic mass is 10.2. The summed E-state index contributed by atoms with van der Waals surface area (Å²) in [5.41, 5.74) is 0.843. The average Bonchev–Trinajstić information content (AvgIpc) is 2.36. The molecule has 1 aromatic carbocycles. The highest BCUT2D eigenvalue weighted by Crippen LogP contribution is 2.24. The van der Waals surface area contributed by atoms with Gasteiger partial charge in [0, 0.05) is 16.1 Å². The zero-order valence-electron chi connectivity index (χ0n) is 10.2. The molecule has 0 bridgehead atoms. The summed E-state index contributed by atoms with van der Waals surface area (Å²) >= 11 is 3.29. The van der Waals surface area contributed by atoms with Crippen LogP contribution in [0.25, 0.3) is 10.9 Å². The molecule has 20 heavy (non-hydrogen) atoms. The van der Waals surface area contributed by atoms with Crippen molar-refractivity contribution < 1.29 is 18.3 Å². The van der Waals surface area contributed by atoms with E-state index in [4.69, 9.17) is 5.11 Å². The van der Waals surface area contributed by atoms with E-state index in [1.165, 1.54) is 0 Å². The fourth-order valence-electron chi connectivity index (χ4n) is 1.66. The second kappa shape index (κ2) is 5.76. The lowest BCUT2D eigenvalue weighted by molar-refractivity contribution is -0.136. The first-order valence-corrected chi connectivity index (χ1v) is 8.08. The summed E-state index contributed by atoms with van der Waals surface area (Å²) in [6, 6.07) is 6.91. The number of hydrogen-bond donors (Lipinski definition) is 2. The molecule has 2 N–H and O–H groups in total. The van der Waals surface area contributed by atoms with Crippen LogP contribution in [0.5, 0.6) is 0 Å². The molecular formula is C12H11BrN2O4S. The Morgan fingerprint density at radius 3 is 2.85 bits per heavy atom. The van der Waals surface area contributed by atoms with Gasteiger partial charge < -0.3 is 5.11 Å².